The molecule has 0 aliphatic carbocycles. The highest BCUT2D eigenvalue weighted by Crippen LogP contribution is 2.38. The van der Waals surface area contributed by atoms with Gasteiger partial charge in [0, 0.05) is 61.3 Å². The highest BCUT2D eigenvalue weighted by atomic mass is 35.5. The maximum atomic E-state index is 11.0. The number of pyridine rings is 1. The van der Waals surface area contributed by atoms with Crippen LogP contribution in [0, 0.1) is 36.5 Å². The van der Waals surface area contributed by atoms with Crippen molar-refractivity contribution < 1.29 is 44.2 Å². The smallest absolute Gasteiger partial charge is 0.306 e. The van der Waals surface area contributed by atoms with Gasteiger partial charge < -0.3 is 45.3 Å². The summed E-state index contributed by atoms with van der Waals surface area (Å²) >= 11 is 6.76. The molecule has 0 aliphatic heterocycles. The Morgan fingerprint density at radius 2 is 1.34 bits per heavy atom. The lowest BCUT2D eigenvalue weighted by molar-refractivity contribution is -0.140. The maximum absolute atomic E-state index is 11.0. The second kappa shape index (κ2) is 22.2. The average molecular weight is 848 g/mol. The molecule has 0 saturated heterocycles. The van der Waals surface area contributed by atoms with Crippen LogP contribution in [0.1, 0.15) is 51.8 Å². The number of benzene rings is 4. The molecule has 0 amide bonds. The first kappa shape index (κ1) is 45.6. The third kappa shape index (κ3) is 13.0. The standard InChI is InChI=1S/C46H46ClN5O9/c1-28-34(27-61-44-18-43(60-26-31-13-30(19-49)20-50-21-31)35(14-41(44)47)23-52-25-37(54)17-46(57)58)5-3-7-39(28)40-8-4-6-38(29(40)2)32-9-10-33(42(15-32)59-12-11-48)22-51-24-36(53)16-45(55)56/h3-10,13-15,18,20-21,36-37,51-54H,12,16-17,22-27H2,1-2H3,(H,55,56)(H,57,58)/t36-,37-/m0/s1. The topological polar surface area (TPSA) is 227 Å². The van der Waals surface area contributed by atoms with Gasteiger partial charge in [-0.05, 0) is 71.0 Å². The molecule has 0 bridgehead atoms. The first-order valence-electron chi connectivity index (χ1n) is 19.3. The van der Waals surface area contributed by atoms with Gasteiger partial charge in [0.2, 0.25) is 0 Å². The van der Waals surface area contributed by atoms with Crippen molar-refractivity contribution in [3.05, 3.63) is 129 Å². The van der Waals surface area contributed by atoms with Crippen LogP contribution in [0.25, 0.3) is 22.3 Å². The number of aliphatic hydroxyl groups excluding tert-OH is 2. The summed E-state index contributed by atoms with van der Waals surface area (Å²) in [5, 5.41) is 62.9. The number of carbonyl (C=O) groups is 2. The van der Waals surface area contributed by atoms with Crippen molar-refractivity contribution in [1.29, 1.82) is 10.5 Å². The molecule has 14 nitrogen and oxygen atoms in total. The molecular weight excluding hydrogens is 802 g/mol. The molecule has 316 valence electrons. The number of rotatable bonds is 22. The van der Waals surface area contributed by atoms with Crippen molar-refractivity contribution in [2.45, 2.75) is 65.2 Å². The molecule has 5 rings (SSSR count). The molecular formula is C46H46ClN5O9. The number of carboxylic acid groups (broad SMARTS) is 2. The van der Waals surface area contributed by atoms with Crippen LogP contribution in [0.4, 0.5) is 0 Å². The van der Waals surface area contributed by atoms with Gasteiger partial charge in [0.15, 0.2) is 6.61 Å². The Kier molecular flexibility index (Phi) is 16.6. The van der Waals surface area contributed by atoms with E-state index in [0.717, 1.165) is 44.5 Å². The molecule has 1 heterocycles. The number of nitrogens with zero attached hydrogens (tertiary/aromatic N) is 3. The van der Waals surface area contributed by atoms with Crippen LogP contribution in [0.2, 0.25) is 5.02 Å². The third-order valence-corrected chi connectivity index (χ3v) is 10.1. The van der Waals surface area contributed by atoms with E-state index in [2.05, 4.69) is 27.8 Å². The first-order valence-corrected chi connectivity index (χ1v) is 19.7. The van der Waals surface area contributed by atoms with E-state index in [0.29, 0.717) is 45.5 Å². The largest absolute Gasteiger partial charge is 0.488 e. The highest BCUT2D eigenvalue weighted by Gasteiger charge is 2.18. The van der Waals surface area contributed by atoms with Crippen LogP contribution in [0.3, 0.4) is 0 Å². The van der Waals surface area contributed by atoms with E-state index >= 15 is 0 Å². The minimum absolute atomic E-state index is 0.0286. The van der Waals surface area contributed by atoms with Crippen molar-refractivity contribution >= 4 is 23.5 Å². The summed E-state index contributed by atoms with van der Waals surface area (Å²) in [6, 6.07) is 26.9. The number of aromatic nitrogens is 1. The number of halogens is 1. The van der Waals surface area contributed by atoms with E-state index in [1.807, 2.05) is 68.4 Å². The predicted molar refractivity (Wildman–Crippen MR) is 227 cm³/mol. The third-order valence-electron chi connectivity index (χ3n) is 9.77. The summed E-state index contributed by atoms with van der Waals surface area (Å²) in [4.78, 5) is 26.0. The number of aliphatic carboxylic acids is 2. The Bertz CT molecular complexity index is 2430. The summed E-state index contributed by atoms with van der Waals surface area (Å²) in [6.07, 6.45) is 0.144. The quantitative estimate of drug-likeness (QED) is 0.0439. The lowest BCUT2D eigenvalue weighted by atomic mass is 9.89. The molecule has 15 heteroatoms. The first-order chi connectivity index (χ1) is 29.4. The minimum atomic E-state index is -1.11. The highest BCUT2D eigenvalue weighted by molar-refractivity contribution is 6.32. The van der Waals surface area contributed by atoms with E-state index in [4.69, 9.17) is 36.0 Å². The van der Waals surface area contributed by atoms with E-state index < -0.39 is 30.6 Å². The van der Waals surface area contributed by atoms with E-state index in [-0.39, 0.29) is 45.9 Å². The Morgan fingerprint density at radius 3 is 2.02 bits per heavy atom. The van der Waals surface area contributed by atoms with Gasteiger partial charge in [-0.1, -0.05) is 60.1 Å². The minimum Gasteiger partial charge on any atom is -0.488 e. The number of aliphatic hydroxyl groups is 2. The Morgan fingerprint density at radius 1 is 0.721 bits per heavy atom. The van der Waals surface area contributed by atoms with Crippen molar-refractivity contribution in [3.63, 3.8) is 0 Å². The van der Waals surface area contributed by atoms with Crippen molar-refractivity contribution in [2.75, 3.05) is 19.7 Å². The lowest BCUT2D eigenvalue weighted by Gasteiger charge is -2.19. The maximum Gasteiger partial charge on any atom is 0.306 e. The van der Waals surface area contributed by atoms with Gasteiger partial charge in [-0.25, -0.2) is 0 Å². The fraction of sp³-hybridized carbons (Fsp3) is 0.283. The van der Waals surface area contributed by atoms with Gasteiger partial charge in [-0.3, -0.25) is 14.6 Å². The number of hydrogen-bond donors (Lipinski definition) is 6. The summed E-state index contributed by atoms with van der Waals surface area (Å²) < 4.78 is 18.3. The Hall–Kier alpha value is -6.52. The second-order valence-electron chi connectivity index (χ2n) is 14.3. The van der Waals surface area contributed by atoms with Gasteiger partial charge in [-0.2, -0.15) is 10.5 Å². The summed E-state index contributed by atoms with van der Waals surface area (Å²) in [7, 11) is 0. The zero-order chi connectivity index (χ0) is 43.9. The average Bonchev–Trinajstić information content (AvgIpc) is 3.22. The van der Waals surface area contributed by atoms with Crippen LogP contribution in [-0.2, 0) is 35.9 Å². The molecule has 6 N–H and O–H groups in total. The molecule has 0 unspecified atom stereocenters. The molecule has 0 saturated carbocycles. The van der Waals surface area contributed by atoms with Gasteiger partial charge in [-0.15, -0.1) is 0 Å². The number of hydrogen-bond acceptors (Lipinski definition) is 12. The van der Waals surface area contributed by atoms with Crippen molar-refractivity contribution in [2.24, 2.45) is 0 Å². The van der Waals surface area contributed by atoms with Gasteiger partial charge in [0.05, 0.1) is 35.6 Å². The molecule has 61 heavy (non-hydrogen) atoms. The zero-order valence-corrected chi connectivity index (χ0v) is 34.4. The molecule has 0 spiro atoms. The van der Waals surface area contributed by atoms with E-state index in [9.17, 15) is 30.3 Å². The van der Waals surface area contributed by atoms with E-state index in [1.54, 1.807) is 24.4 Å². The molecule has 4 aromatic carbocycles. The van der Waals surface area contributed by atoms with Crippen LogP contribution in [-0.4, -0.2) is 69.3 Å². The van der Waals surface area contributed by atoms with Gasteiger partial charge in [0.1, 0.15) is 42.6 Å². The fourth-order valence-corrected chi connectivity index (χ4v) is 6.92. The molecule has 2 atom stereocenters. The Balaban J connectivity index is 1.36. The van der Waals surface area contributed by atoms with Crippen molar-refractivity contribution in [1.82, 2.24) is 15.6 Å². The molecule has 0 aliphatic rings. The summed E-state index contributed by atoms with van der Waals surface area (Å²) in [5.41, 5.74) is 9.19. The van der Waals surface area contributed by atoms with Crippen LogP contribution in [0.5, 0.6) is 17.2 Å². The number of nitriles is 2. The monoisotopic (exact) mass is 847 g/mol. The number of ether oxygens (including phenoxy) is 3. The molecule has 1 aromatic heterocycles. The SMILES string of the molecule is Cc1c(COc2cc(OCc3cncc(C#N)c3)c(CNC[C@@H](O)CC(=O)O)cc2Cl)cccc1-c1cccc(-c2ccc(CNC[C@@H](O)CC(=O)O)c(OCC#N)c2)c1C. The van der Waals surface area contributed by atoms with Crippen molar-refractivity contribution in [3.8, 4) is 51.6 Å². The number of nitrogens with one attached hydrogen (secondary N) is 2. The fourth-order valence-electron chi connectivity index (χ4n) is 6.68. The molecule has 0 fully saturated rings. The Labute approximate surface area is 358 Å². The van der Waals surface area contributed by atoms with Gasteiger partial charge in [0.25, 0.3) is 0 Å². The van der Waals surface area contributed by atoms with Crippen LogP contribution < -0.4 is 24.8 Å². The number of carboxylic acids is 2. The predicted octanol–water partition coefficient (Wildman–Crippen LogP) is 6.47. The second-order valence-corrected chi connectivity index (χ2v) is 14.7. The molecule has 5 aromatic rings. The van der Waals surface area contributed by atoms with Crippen LogP contribution >= 0.6 is 11.6 Å². The zero-order valence-electron chi connectivity index (χ0n) is 33.7. The van der Waals surface area contributed by atoms with Crippen LogP contribution in [0.15, 0.2) is 85.2 Å². The van der Waals surface area contributed by atoms with E-state index in [1.165, 1.54) is 6.20 Å². The normalized spacial score (nSPS) is 11.9. The molecule has 0 radical (unpaired) electrons. The van der Waals surface area contributed by atoms with Gasteiger partial charge >= 0.3 is 11.9 Å². The summed E-state index contributed by atoms with van der Waals surface area (Å²) in [5.74, 6) is -0.907. The summed E-state index contributed by atoms with van der Waals surface area (Å²) in [6.45, 7) is 4.77. The lowest BCUT2D eigenvalue weighted by Crippen LogP contribution is -2.28.